The van der Waals surface area contributed by atoms with Crippen LogP contribution in [0.5, 0.6) is 0 Å². The monoisotopic (exact) mass is 297 g/mol. The third kappa shape index (κ3) is 7.62. The highest BCUT2D eigenvalue weighted by molar-refractivity contribution is 4.80. The van der Waals surface area contributed by atoms with Crippen molar-refractivity contribution in [3.63, 3.8) is 0 Å². The molecule has 0 aromatic rings. The molecular weight excluding hydrogens is 258 g/mol. The lowest BCUT2D eigenvalue weighted by Crippen LogP contribution is -2.44. The van der Waals surface area contributed by atoms with Gasteiger partial charge in [-0.25, -0.2) is 0 Å². The summed E-state index contributed by atoms with van der Waals surface area (Å²) in [5.41, 5.74) is 0. The molecule has 1 rings (SSSR count). The SMILES string of the molecule is CCCN1CCCC(C(C)NCCCCN(C)C(C)C)C1. The molecular formula is C18H39N3. The van der Waals surface area contributed by atoms with Gasteiger partial charge in [-0.3, -0.25) is 0 Å². The topological polar surface area (TPSA) is 18.5 Å². The van der Waals surface area contributed by atoms with Crippen molar-refractivity contribution in [3.05, 3.63) is 0 Å². The molecule has 0 aromatic carbocycles. The van der Waals surface area contributed by atoms with Crippen LogP contribution in [0.2, 0.25) is 0 Å². The van der Waals surface area contributed by atoms with Gasteiger partial charge in [-0.2, -0.15) is 0 Å². The smallest absolute Gasteiger partial charge is 0.00792 e. The lowest BCUT2D eigenvalue weighted by atomic mass is 9.91. The summed E-state index contributed by atoms with van der Waals surface area (Å²) >= 11 is 0. The van der Waals surface area contributed by atoms with Crippen molar-refractivity contribution in [3.8, 4) is 0 Å². The Morgan fingerprint density at radius 1 is 1.24 bits per heavy atom. The fourth-order valence-electron chi connectivity index (χ4n) is 3.26. The molecule has 0 bridgehead atoms. The Hall–Kier alpha value is -0.120. The first-order valence-corrected chi connectivity index (χ1v) is 9.20. The summed E-state index contributed by atoms with van der Waals surface area (Å²) in [6, 6.07) is 1.34. The van der Waals surface area contributed by atoms with Crippen LogP contribution in [0, 0.1) is 5.92 Å². The Balaban J connectivity index is 2.11. The highest BCUT2D eigenvalue weighted by Gasteiger charge is 2.23. The summed E-state index contributed by atoms with van der Waals surface area (Å²) in [7, 11) is 2.23. The van der Waals surface area contributed by atoms with Crippen LogP contribution >= 0.6 is 0 Å². The highest BCUT2D eigenvalue weighted by Crippen LogP contribution is 2.19. The molecule has 1 heterocycles. The van der Waals surface area contributed by atoms with Gasteiger partial charge in [0.05, 0.1) is 0 Å². The number of nitrogens with zero attached hydrogens (tertiary/aromatic N) is 2. The Bertz CT molecular complexity index is 253. The largest absolute Gasteiger partial charge is 0.314 e. The molecule has 0 saturated carbocycles. The Labute approximate surface area is 133 Å². The summed E-state index contributed by atoms with van der Waals surface area (Å²) in [6.45, 7) is 15.5. The minimum atomic E-state index is 0.670. The van der Waals surface area contributed by atoms with Gasteiger partial charge in [-0.1, -0.05) is 6.92 Å². The Kier molecular flexibility index (Phi) is 9.54. The van der Waals surface area contributed by atoms with Crippen LogP contribution in [0.4, 0.5) is 0 Å². The van der Waals surface area contributed by atoms with Crippen LogP contribution in [0.25, 0.3) is 0 Å². The summed E-state index contributed by atoms with van der Waals surface area (Å²) in [6.07, 6.45) is 6.69. The van der Waals surface area contributed by atoms with E-state index in [-0.39, 0.29) is 0 Å². The van der Waals surface area contributed by atoms with E-state index in [0.29, 0.717) is 12.1 Å². The molecule has 0 spiro atoms. The molecule has 0 aliphatic carbocycles. The minimum Gasteiger partial charge on any atom is -0.314 e. The molecule has 0 radical (unpaired) electrons. The average molecular weight is 298 g/mol. The molecule has 126 valence electrons. The molecule has 2 atom stereocenters. The van der Waals surface area contributed by atoms with E-state index < -0.39 is 0 Å². The minimum absolute atomic E-state index is 0.670. The van der Waals surface area contributed by atoms with Crippen LogP contribution < -0.4 is 5.32 Å². The van der Waals surface area contributed by atoms with Gasteiger partial charge in [0.2, 0.25) is 0 Å². The van der Waals surface area contributed by atoms with Crippen LogP contribution in [-0.4, -0.2) is 61.7 Å². The van der Waals surface area contributed by atoms with Crippen molar-refractivity contribution in [2.24, 2.45) is 5.92 Å². The lowest BCUT2D eigenvalue weighted by molar-refractivity contribution is 0.151. The van der Waals surface area contributed by atoms with E-state index in [9.17, 15) is 0 Å². The normalized spacial score (nSPS) is 22.1. The van der Waals surface area contributed by atoms with Gasteiger partial charge in [0.25, 0.3) is 0 Å². The van der Waals surface area contributed by atoms with E-state index in [1.165, 1.54) is 64.8 Å². The van der Waals surface area contributed by atoms with Crippen LogP contribution in [0.3, 0.4) is 0 Å². The van der Waals surface area contributed by atoms with E-state index in [0.717, 1.165) is 5.92 Å². The van der Waals surface area contributed by atoms with Gasteiger partial charge >= 0.3 is 0 Å². The van der Waals surface area contributed by atoms with E-state index in [4.69, 9.17) is 0 Å². The number of hydrogen-bond acceptors (Lipinski definition) is 3. The molecule has 1 saturated heterocycles. The zero-order valence-electron chi connectivity index (χ0n) is 15.2. The standard InChI is InChI=1S/C18H39N3/c1-6-12-21-14-9-10-18(15-21)17(4)19-11-7-8-13-20(5)16(2)3/h16-19H,6-15H2,1-5H3. The number of hydrogen-bond donors (Lipinski definition) is 1. The predicted octanol–water partition coefficient (Wildman–Crippen LogP) is 3.21. The van der Waals surface area contributed by atoms with E-state index >= 15 is 0 Å². The second-order valence-corrected chi connectivity index (χ2v) is 7.23. The maximum absolute atomic E-state index is 3.77. The van der Waals surface area contributed by atoms with E-state index in [1.807, 2.05) is 0 Å². The predicted molar refractivity (Wildman–Crippen MR) is 93.9 cm³/mol. The van der Waals surface area contributed by atoms with Gasteiger partial charge < -0.3 is 15.1 Å². The maximum Gasteiger partial charge on any atom is 0.00792 e. The molecule has 0 aromatic heterocycles. The van der Waals surface area contributed by atoms with Crippen molar-refractivity contribution in [2.75, 3.05) is 39.8 Å². The van der Waals surface area contributed by atoms with Crippen LogP contribution in [0.1, 0.15) is 59.8 Å². The number of likely N-dealkylation sites (tertiary alicyclic amines) is 1. The molecule has 0 amide bonds. The number of rotatable bonds is 10. The summed E-state index contributed by atoms with van der Waals surface area (Å²) in [5, 5.41) is 3.77. The summed E-state index contributed by atoms with van der Waals surface area (Å²) in [4.78, 5) is 5.09. The molecule has 1 aliphatic rings. The van der Waals surface area contributed by atoms with Crippen LogP contribution in [0.15, 0.2) is 0 Å². The van der Waals surface area contributed by atoms with Crippen molar-refractivity contribution in [1.82, 2.24) is 15.1 Å². The second-order valence-electron chi connectivity index (χ2n) is 7.23. The van der Waals surface area contributed by atoms with E-state index in [2.05, 4.69) is 49.9 Å². The molecule has 3 nitrogen and oxygen atoms in total. The first-order valence-electron chi connectivity index (χ1n) is 9.20. The number of unbranched alkanes of at least 4 members (excludes halogenated alkanes) is 1. The number of piperidine rings is 1. The third-order valence-corrected chi connectivity index (χ3v) is 5.07. The lowest BCUT2D eigenvalue weighted by Gasteiger charge is -2.36. The van der Waals surface area contributed by atoms with Gasteiger partial charge in [0.1, 0.15) is 0 Å². The second kappa shape index (κ2) is 10.6. The zero-order valence-corrected chi connectivity index (χ0v) is 15.2. The molecule has 1 fully saturated rings. The van der Waals surface area contributed by atoms with Gasteiger partial charge in [0, 0.05) is 18.6 Å². The van der Waals surface area contributed by atoms with Gasteiger partial charge in [-0.15, -0.1) is 0 Å². The molecule has 21 heavy (non-hydrogen) atoms. The highest BCUT2D eigenvalue weighted by atomic mass is 15.1. The first kappa shape index (κ1) is 18.9. The first-order chi connectivity index (χ1) is 10.0. The fraction of sp³-hybridized carbons (Fsp3) is 1.00. The zero-order chi connectivity index (χ0) is 15.7. The van der Waals surface area contributed by atoms with E-state index in [1.54, 1.807) is 0 Å². The van der Waals surface area contributed by atoms with Crippen molar-refractivity contribution < 1.29 is 0 Å². The molecule has 1 N–H and O–H groups in total. The molecule has 2 unspecified atom stereocenters. The van der Waals surface area contributed by atoms with Gasteiger partial charge in [0.15, 0.2) is 0 Å². The quantitative estimate of drug-likeness (QED) is 0.625. The Morgan fingerprint density at radius 2 is 2.00 bits per heavy atom. The third-order valence-electron chi connectivity index (χ3n) is 5.07. The summed E-state index contributed by atoms with van der Waals surface area (Å²) in [5.74, 6) is 0.851. The molecule has 1 aliphatic heterocycles. The van der Waals surface area contributed by atoms with Crippen molar-refractivity contribution in [2.45, 2.75) is 71.9 Å². The van der Waals surface area contributed by atoms with Crippen LogP contribution in [-0.2, 0) is 0 Å². The summed E-state index contributed by atoms with van der Waals surface area (Å²) < 4.78 is 0. The Morgan fingerprint density at radius 3 is 2.67 bits per heavy atom. The van der Waals surface area contributed by atoms with Gasteiger partial charge in [-0.05, 0) is 92.0 Å². The fourth-order valence-corrected chi connectivity index (χ4v) is 3.26. The molecule has 3 heteroatoms. The van der Waals surface area contributed by atoms with Crippen molar-refractivity contribution >= 4 is 0 Å². The number of nitrogens with one attached hydrogen (secondary N) is 1. The average Bonchev–Trinajstić information content (AvgIpc) is 2.47. The van der Waals surface area contributed by atoms with Crippen molar-refractivity contribution in [1.29, 1.82) is 0 Å². The maximum atomic E-state index is 3.77.